The van der Waals surface area contributed by atoms with Gasteiger partial charge in [-0.05, 0) is 17.7 Å². The first-order chi connectivity index (χ1) is 10.6. The van der Waals surface area contributed by atoms with E-state index < -0.39 is 11.6 Å². The van der Waals surface area contributed by atoms with Gasteiger partial charge in [-0.2, -0.15) is 0 Å². The molecule has 0 bridgehead atoms. The molecule has 0 aliphatic carbocycles. The number of halogens is 2. The lowest BCUT2D eigenvalue weighted by Gasteiger charge is -2.24. The molecule has 0 spiro atoms. The number of thioether (sulfide) groups is 1. The van der Waals surface area contributed by atoms with Crippen LogP contribution in [0.25, 0.3) is 0 Å². The number of anilines is 1. The fraction of sp³-hybridized carbons (Fsp3) is 0.188. The first kappa shape index (κ1) is 14.8. The van der Waals surface area contributed by atoms with E-state index in [9.17, 15) is 13.6 Å². The van der Waals surface area contributed by atoms with E-state index in [4.69, 9.17) is 0 Å². The molecule has 1 aliphatic rings. The third-order valence-electron chi connectivity index (χ3n) is 3.41. The monoisotopic (exact) mass is 320 g/mol. The highest BCUT2D eigenvalue weighted by molar-refractivity contribution is 7.99. The van der Waals surface area contributed by atoms with Crippen molar-refractivity contribution in [1.82, 2.24) is 4.90 Å². The van der Waals surface area contributed by atoms with Gasteiger partial charge in [-0.1, -0.05) is 30.3 Å². The normalized spacial score (nSPS) is 17.5. The smallest absolute Gasteiger partial charge is 0.308 e. The lowest BCUT2D eigenvalue weighted by Crippen LogP contribution is -2.34. The van der Waals surface area contributed by atoms with Crippen molar-refractivity contribution in [1.29, 1.82) is 0 Å². The molecule has 0 radical (unpaired) electrons. The summed E-state index contributed by atoms with van der Waals surface area (Å²) in [5, 5.41) is 2.42. The molecular formula is C16H14F2N2OS. The van der Waals surface area contributed by atoms with Gasteiger partial charge in [0, 0.05) is 18.4 Å². The second-order valence-corrected chi connectivity index (χ2v) is 6.07. The van der Waals surface area contributed by atoms with Gasteiger partial charge in [-0.25, -0.2) is 13.6 Å². The molecule has 1 heterocycles. The Morgan fingerprint density at radius 3 is 2.68 bits per heavy atom. The van der Waals surface area contributed by atoms with E-state index in [2.05, 4.69) is 5.32 Å². The Balaban J connectivity index is 1.76. The molecule has 2 aromatic carbocycles. The number of benzene rings is 2. The number of nitrogens with one attached hydrogen (secondary N) is 1. The topological polar surface area (TPSA) is 32.3 Å². The quantitative estimate of drug-likeness (QED) is 0.897. The second-order valence-electron chi connectivity index (χ2n) is 4.88. The van der Waals surface area contributed by atoms with Crippen LogP contribution < -0.4 is 5.32 Å². The van der Waals surface area contributed by atoms with Crippen molar-refractivity contribution in [3.8, 4) is 0 Å². The predicted octanol–water partition coefficient (Wildman–Crippen LogP) is 4.24. The molecule has 1 N–H and O–H groups in total. The number of rotatable bonds is 2. The van der Waals surface area contributed by atoms with E-state index in [0.29, 0.717) is 6.54 Å². The molecule has 1 atom stereocenters. The molecule has 2 aromatic rings. The van der Waals surface area contributed by atoms with Crippen molar-refractivity contribution in [2.45, 2.75) is 5.37 Å². The highest BCUT2D eigenvalue weighted by Gasteiger charge is 2.30. The maximum atomic E-state index is 13.6. The van der Waals surface area contributed by atoms with Crippen molar-refractivity contribution in [2.75, 3.05) is 17.6 Å². The Morgan fingerprint density at radius 2 is 1.95 bits per heavy atom. The SMILES string of the molecule is O=C(Nc1ccc(F)cc1F)N1CCSC1c1ccccc1. The summed E-state index contributed by atoms with van der Waals surface area (Å²) in [4.78, 5) is 14.0. The molecule has 2 amide bonds. The Labute approximate surface area is 131 Å². The number of urea groups is 1. The Hall–Kier alpha value is -2.08. The van der Waals surface area contributed by atoms with Gasteiger partial charge in [0.25, 0.3) is 0 Å². The minimum atomic E-state index is -0.781. The number of carbonyl (C=O) groups excluding carboxylic acids is 1. The maximum Gasteiger partial charge on any atom is 0.323 e. The molecule has 6 heteroatoms. The van der Waals surface area contributed by atoms with Gasteiger partial charge in [0.1, 0.15) is 17.0 Å². The van der Waals surface area contributed by atoms with Crippen LogP contribution in [0.4, 0.5) is 19.3 Å². The fourth-order valence-electron chi connectivity index (χ4n) is 2.35. The lowest BCUT2D eigenvalue weighted by molar-refractivity contribution is 0.214. The molecule has 22 heavy (non-hydrogen) atoms. The lowest BCUT2D eigenvalue weighted by atomic mass is 10.2. The largest absolute Gasteiger partial charge is 0.323 e. The maximum absolute atomic E-state index is 13.6. The van der Waals surface area contributed by atoms with Gasteiger partial charge in [0.2, 0.25) is 0 Å². The summed E-state index contributed by atoms with van der Waals surface area (Å²) in [6, 6.07) is 12.4. The summed E-state index contributed by atoms with van der Waals surface area (Å²) >= 11 is 1.66. The second kappa shape index (κ2) is 6.36. The molecule has 114 valence electrons. The fourth-order valence-corrected chi connectivity index (χ4v) is 3.61. The van der Waals surface area contributed by atoms with Crippen LogP contribution in [-0.4, -0.2) is 23.2 Å². The third-order valence-corrected chi connectivity index (χ3v) is 4.67. The van der Waals surface area contributed by atoms with Crippen molar-refractivity contribution >= 4 is 23.5 Å². The molecule has 3 nitrogen and oxygen atoms in total. The van der Waals surface area contributed by atoms with Crippen molar-refractivity contribution in [3.63, 3.8) is 0 Å². The van der Waals surface area contributed by atoms with E-state index in [1.807, 2.05) is 30.3 Å². The predicted molar refractivity (Wildman–Crippen MR) is 83.7 cm³/mol. The van der Waals surface area contributed by atoms with Gasteiger partial charge in [-0.15, -0.1) is 11.8 Å². The van der Waals surface area contributed by atoms with E-state index in [-0.39, 0.29) is 17.1 Å². The van der Waals surface area contributed by atoms with E-state index in [0.717, 1.165) is 23.4 Å². The van der Waals surface area contributed by atoms with Gasteiger partial charge >= 0.3 is 6.03 Å². The third kappa shape index (κ3) is 3.06. The molecule has 1 aliphatic heterocycles. The van der Waals surface area contributed by atoms with Crippen LogP contribution in [0.1, 0.15) is 10.9 Å². The number of hydrogen-bond acceptors (Lipinski definition) is 2. The first-order valence-electron chi connectivity index (χ1n) is 6.84. The molecule has 0 aromatic heterocycles. The summed E-state index contributed by atoms with van der Waals surface area (Å²) in [7, 11) is 0. The Bertz CT molecular complexity index is 681. The van der Waals surface area contributed by atoms with Crippen LogP contribution in [0.15, 0.2) is 48.5 Å². The standard InChI is InChI=1S/C16H14F2N2OS/c17-12-6-7-14(13(18)10-12)19-16(21)20-8-9-22-15(20)11-4-2-1-3-5-11/h1-7,10,15H,8-9H2,(H,19,21). The van der Waals surface area contributed by atoms with Gasteiger partial charge in [0.15, 0.2) is 0 Å². The average molecular weight is 320 g/mol. The summed E-state index contributed by atoms with van der Waals surface area (Å²) < 4.78 is 26.5. The molecular weight excluding hydrogens is 306 g/mol. The van der Waals surface area contributed by atoms with E-state index >= 15 is 0 Å². The molecule has 0 saturated carbocycles. The minimum Gasteiger partial charge on any atom is -0.308 e. The zero-order chi connectivity index (χ0) is 15.5. The van der Waals surface area contributed by atoms with Gasteiger partial charge < -0.3 is 10.2 Å². The number of nitrogens with zero attached hydrogens (tertiary/aromatic N) is 1. The summed E-state index contributed by atoms with van der Waals surface area (Å²) in [5.74, 6) is -0.635. The first-order valence-corrected chi connectivity index (χ1v) is 7.89. The summed E-state index contributed by atoms with van der Waals surface area (Å²) in [6.07, 6.45) is 0. The molecule has 1 saturated heterocycles. The van der Waals surface area contributed by atoms with Crippen LogP contribution in [0, 0.1) is 11.6 Å². The van der Waals surface area contributed by atoms with Crippen molar-refractivity contribution < 1.29 is 13.6 Å². The van der Waals surface area contributed by atoms with Crippen LogP contribution in [0.2, 0.25) is 0 Å². The highest BCUT2D eigenvalue weighted by Crippen LogP contribution is 2.38. The van der Waals surface area contributed by atoms with Crippen molar-refractivity contribution in [2.24, 2.45) is 0 Å². The van der Waals surface area contributed by atoms with E-state index in [1.165, 1.54) is 6.07 Å². The Morgan fingerprint density at radius 1 is 1.18 bits per heavy atom. The highest BCUT2D eigenvalue weighted by atomic mass is 32.2. The zero-order valence-electron chi connectivity index (χ0n) is 11.6. The molecule has 1 unspecified atom stereocenters. The van der Waals surface area contributed by atoms with Crippen LogP contribution in [0.5, 0.6) is 0 Å². The van der Waals surface area contributed by atoms with Crippen LogP contribution >= 0.6 is 11.8 Å². The van der Waals surface area contributed by atoms with Crippen LogP contribution in [0.3, 0.4) is 0 Å². The van der Waals surface area contributed by atoms with Gasteiger partial charge in [0.05, 0.1) is 5.69 Å². The Kier molecular flexibility index (Phi) is 4.29. The number of hydrogen-bond donors (Lipinski definition) is 1. The van der Waals surface area contributed by atoms with Gasteiger partial charge in [-0.3, -0.25) is 0 Å². The minimum absolute atomic E-state index is 0.0184. The number of carbonyl (C=O) groups is 1. The zero-order valence-corrected chi connectivity index (χ0v) is 12.4. The van der Waals surface area contributed by atoms with Crippen molar-refractivity contribution in [3.05, 3.63) is 65.7 Å². The number of amides is 2. The molecule has 3 rings (SSSR count). The summed E-state index contributed by atoms with van der Waals surface area (Å²) in [5.41, 5.74) is 1.01. The molecule has 1 fully saturated rings. The average Bonchev–Trinajstić information content (AvgIpc) is 3.00. The van der Waals surface area contributed by atoms with Crippen LogP contribution in [-0.2, 0) is 0 Å². The summed E-state index contributed by atoms with van der Waals surface area (Å²) in [6.45, 7) is 0.582. The van der Waals surface area contributed by atoms with E-state index in [1.54, 1.807) is 16.7 Å².